The number of nitrogens with one attached hydrogen (secondary N) is 1. The molecular weight excluding hydrogens is 519 g/mol. The first-order valence-corrected chi connectivity index (χ1v) is 14.3. The highest BCUT2D eigenvalue weighted by Gasteiger charge is 2.39. The number of aromatic nitrogens is 3. The van der Waals surface area contributed by atoms with Gasteiger partial charge in [0.2, 0.25) is 0 Å². The Labute approximate surface area is 232 Å². The topological polar surface area (TPSA) is 69.0 Å². The van der Waals surface area contributed by atoms with Gasteiger partial charge in [0.15, 0.2) is 5.65 Å². The Bertz CT molecular complexity index is 1400. The first-order valence-electron chi connectivity index (χ1n) is 14.3. The van der Waals surface area contributed by atoms with E-state index >= 15 is 0 Å². The van der Waals surface area contributed by atoms with Gasteiger partial charge in [-0.1, -0.05) is 17.7 Å². The summed E-state index contributed by atoms with van der Waals surface area (Å²) >= 11 is 0. The quantitative estimate of drug-likeness (QED) is 0.477. The molecule has 2 saturated heterocycles. The van der Waals surface area contributed by atoms with E-state index in [4.69, 9.17) is 10.1 Å². The highest BCUT2D eigenvalue weighted by molar-refractivity contribution is 5.96. The first-order chi connectivity index (χ1) is 19.2. The predicted molar refractivity (Wildman–Crippen MR) is 148 cm³/mol. The molecule has 1 N–H and O–H groups in total. The van der Waals surface area contributed by atoms with Gasteiger partial charge in [0.05, 0.1) is 11.7 Å². The number of halogens is 3. The summed E-state index contributed by atoms with van der Waals surface area (Å²) in [5.74, 6) is 1.47. The van der Waals surface area contributed by atoms with Crippen molar-refractivity contribution >= 4 is 23.2 Å². The van der Waals surface area contributed by atoms with Gasteiger partial charge in [-0.2, -0.15) is 22.8 Å². The fraction of sp³-hybridized carbons (Fsp3) is 0.552. The number of benzene rings is 1. The second kappa shape index (κ2) is 10.6. The van der Waals surface area contributed by atoms with E-state index in [0.717, 1.165) is 61.7 Å². The lowest BCUT2D eigenvalue weighted by atomic mass is 9.94. The van der Waals surface area contributed by atoms with E-state index < -0.39 is 12.2 Å². The molecule has 2 bridgehead atoms. The summed E-state index contributed by atoms with van der Waals surface area (Å²) in [5.41, 5.74) is 3.53. The van der Waals surface area contributed by atoms with Gasteiger partial charge in [0.25, 0.3) is 5.91 Å². The summed E-state index contributed by atoms with van der Waals surface area (Å²) in [4.78, 5) is 25.0. The Morgan fingerprint density at radius 1 is 1.00 bits per heavy atom. The molecule has 40 heavy (non-hydrogen) atoms. The van der Waals surface area contributed by atoms with Crippen LogP contribution in [-0.2, 0) is 6.42 Å². The largest absolute Gasteiger partial charge is 0.403 e. The number of nitrogens with zero attached hydrogens (tertiary/aromatic N) is 6. The van der Waals surface area contributed by atoms with Gasteiger partial charge in [-0.15, -0.1) is 0 Å². The second-order valence-corrected chi connectivity index (χ2v) is 11.3. The lowest BCUT2D eigenvalue weighted by Gasteiger charge is -2.35. The summed E-state index contributed by atoms with van der Waals surface area (Å²) in [6.45, 7) is 4.84. The minimum absolute atomic E-state index is 0.140. The van der Waals surface area contributed by atoms with Gasteiger partial charge in [0.1, 0.15) is 17.7 Å². The Morgan fingerprint density at radius 3 is 2.58 bits per heavy atom. The van der Waals surface area contributed by atoms with Gasteiger partial charge >= 0.3 is 6.18 Å². The second-order valence-electron chi connectivity index (χ2n) is 11.3. The van der Waals surface area contributed by atoms with Crippen LogP contribution in [0.5, 0.6) is 0 Å². The van der Waals surface area contributed by atoms with Crippen molar-refractivity contribution in [3.05, 3.63) is 52.7 Å². The summed E-state index contributed by atoms with van der Waals surface area (Å²) < 4.78 is 44.0. The number of rotatable bonds is 1. The standard InChI is InChI=1S/C29H36F3N7O/c1-19-7-8-20-9-10-24(29(30,31)32)33-11-15-36(2)27-18-25(37-12-5-13-37)34-26-17-22(35-39(26)27)23-6-3-4-14-38(23)28(40)21(20)16-19/h7-8,16-18,23-24,33H,3-6,9-15H2,1-2H3. The van der Waals surface area contributed by atoms with Crippen LogP contribution in [0.2, 0.25) is 0 Å². The van der Waals surface area contributed by atoms with Crippen molar-refractivity contribution in [2.75, 3.05) is 49.6 Å². The number of hydrogen-bond acceptors (Lipinski definition) is 6. The molecule has 2 aromatic heterocycles. The van der Waals surface area contributed by atoms with Crippen LogP contribution in [0.3, 0.4) is 0 Å². The monoisotopic (exact) mass is 555 g/mol. The Balaban J connectivity index is 1.47. The molecule has 2 atom stereocenters. The maximum absolute atomic E-state index is 14.1. The van der Waals surface area contributed by atoms with Crippen LogP contribution in [0, 0.1) is 6.92 Å². The fourth-order valence-electron chi connectivity index (χ4n) is 6.05. The molecule has 11 heteroatoms. The van der Waals surface area contributed by atoms with E-state index in [2.05, 4.69) is 10.2 Å². The molecule has 6 rings (SSSR count). The van der Waals surface area contributed by atoms with E-state index in [1.807, 2.05) is 54.1 Å². The van der Waals surface area contributed by atoms with Crippen molar-refractivity contribution in [2.45, 2.75) is 63.7 Å². The number of piperidine rings is 1. The van der Waals surface area contributed by atoms with Crippen LogP contribution in [0.15, 0.2) is 30.3 Å². The minimum atomic E-state index is -4.40. The molecule has 8 nitrogen and oxygen atoms in total. The lowest BCUT2D eigenvalue weighted by molar-refractivity contribution is -0.156. The van der Waals surface area contributed by atoms with Gasteiger partial charge in [0, 0.05) is 57.5 Å². The first kappa shape index (κ1) is 26.9. The minimum Gasteiger partial charge on any atom is -0.358 e. The maximum atomic E-state index is 14.1. The molecule has 3 aliphatic rings. The van der Waals surface area contributed by atoms with Crippen LogP contribution in [-0.4, -0.2) is 77.4 Å². The van der Waals surface area contributed by atoms with Crippen LogP contribution < -0.4 is 15.1 Å². The normalized spacial score (nSPS) is 22.8. The van der Waals surface area contributed by atoms with Gasteiger partial charge < -0.3 is 20.0 Å². The van der Waals surface area contributed by atoms with Crippen LogP contribution in [0.25, 0.3) is 5.65 Å². The number of anilines is 2. The summed E-state index contributed by atoms with van der Waals surface area (Å²) in [6.07, 6.45) is -0.652. The molecule has 3 aromatic rings. The Morgan fingerprint density at radius 2 is 1.82 bits per heavy atom. The zero-order valence-corrected chi connectivity index (χ0v) is 23.0. The molecule has 2 unspecified atom stereocenters. The molecule has 0 spiro atoms. The zero-order chi connectivity index (χ0) is 28.0. The molecule has 1 aromatic carbocycles. The van der Waals surface area contributed by atoms with Crippen molar-refractivity contribution < 1.29 is 18.0 Å². The number of alkyl halides is 3. The van der Waals surface area contributed by atoms with E-state index in [9.17, 15) is 18.0 Å². The predicted octanol–water partition coefficient (Wildman–Crippen LogP) is 4.52. The molecule has 1 amide bonds. The number of hydrogen-bond donors (Lipinski definition) is 1. The summed E-state index contributed by atoms with van der Waals surface area (Å²) in [6, 6.07) is 7.55. The molecule has 3 aliphatic heterocycles. The summed E-state index contributed by atoms with van der Waals surface area (Å²) in [5, 5.41) is 7.71. The van der Waals surface area contributed by atoms with Crippen LogP contribution in [0.1, 0.15) is 65.3 Å². The molecule has 214 valence electrons. The maximum Gasteiger partial charge on any atom is 0.403 e. The molecule has 2 fully saturated rings. The average molecular weight is 556 g/mol. The molecule has 5 heterocycles. The van der Waals surface area contributed by atoms with Crippen molar-refractivity contribution in [3.63, 3.8) is 0 Å². The Kier molecular flexibility index (Phi) is 7.10. The average Bonchev–Trinajstić information content (AvgIpc) is 3.32. The summed E-state index contributed by atoms with van der Waals surface area (Å²) in [7, 11) is 1.87. The van der Waals surface area contributed by atoms with E-state index in [1.54, 1.807) is 4.52 Å². The molecule has 0 radical (unpaired) electrons. The number of aryl methyl sites for hydroxylation is 2. The van der Waals surface area contributed by atoms with Crippen molar-refractivity contribution in [3.8, 4) is 0 Å². The number of fused-ring (bicyclic) bond motifs is 4. The molecular formula is C29H36F3N7O. The zero-order valence-electron chi connectivity index (χ0n) is 23.0. The fourth-order valence-corrected chi connectivity index (χ4v) is 6.05. The van der Waals surface area contributed by atoms with Crippen molar-refractivity contribution in [1.29, 1.82) is 0 Å². The smallest absolute Gasteiger partial charge is 0.358 e. The molecule has 0 aliphatic carbocycles. The number of likely N-dealkylation sites (N-methyl/N-ethyl adjacent to an activating group) is 1. The highest BCUT2D eigenvalue weighted by Crippen LogP contribution is 2.35. The van der Waals surface area contributed by atoms with Crippen LogP contribution in [0.4, 0.5) is 24.8 Å². The molecule has 0 saturated carbocycles. The third-order valence-corrected chi connectivity index (χ3v) is 8.52. The van der Waals surface area contributed by atoms with Crippen molar-refractivity contribution in [2.24, 2.45) is 0 Å². The third-order valence-electron chi connectivity index (χ3n) is 8.52. The Hall–Kier alpha value is -3.34. The van der Waals surface area contributed by atoms with Crippen molar-refractivity contribution in [1.82, 2.24) is 24.8 Å². The number of carbonyl (C=O) groups excluding carboxylic acids is 1. The van der Waals surface area contributed by atoms with E-state index in [1.165, 1.54) is 0 Å². The van der Waals surface area contributed by atoms with Gasteiger partial charge in [-0.3, -0.25) is 4.79 Å². The third kappa shape index (κ3) is 5.11. The lowest BCUT2D eigenvalue weighted by Crippen LogP contribution is -2.45. The van der Waals surface area contributed by atoms with E-state index in [-0.39, 0.29) is 31.3 Å². The number of carbonyl (C=O) groups is 1. The van der Waals surface area contributed by atoms with Gasteiger partial charge in [-0.25, -0.2) is 4.98 Å². The SMILES string of the molecule is Cc1ccc2c(c1)C(=O)N1CCCCC1c1cc3nc(N4CCC4)cc(n3n1)N(C)CCNC(C(F)(F)F)CC2. The van der Waals surface area contributed by atoms with Gasteiger partial charge in [-0.05, 0) is 57.1 Å². The van der Waals surface area contributed by atoms with Crippen LogP contribution >= 0.6 is 0 Å². The number of amides is 1. The van der Waals surface area contributed by atoms with E-state index in [0.29, 0.717) is 29.9 Å². The highest BCUT2D eigenvalue weighted by atomic mass is 19.4.